The fourth-order valence-corrected chi connectivity index (χ4v) is 1.51. The molecule has 0 fully saturated rings. The van der Waals surface area contributed by atoms with Crippen molar-refractivity contribution in [2.75, 3.05) is 0 Å². The number of rotatable bonds is 4. The van der Waals surface area contributed by atoms with E-state index in [2.05, 4.69) is 0 Å². The van der Waals surface area contributed by atoms with Crippen LogP contribution in [0.5, 0.6) is 5.75 Å². The van der Waals surface area contributed by atoms with Crippen molar-refractivity contribution >= 4 is 23.2 Å². The van der Waals surface area contributed by atoms with Gasteiger partial charge in [0.2, 0.25) is 6.10 Å². The van der Waals surface area contributed by atoms with Crippen LogP contribution in [0.2, 0.25) is 5.02 Å². The summed E-state index contributed by atoms with van der Waals surface area (Å²) in [7, 11) is 0. The largest absolute Gasteiger partial charge is 0.475 e. The fourth-order valence-electron chi connectivity index (χ4n) is 1.28. The van der Waals surface area contributed by atoms with Crippen LogP contribution in [0.1, 0.15) is 19.4 Å². The van der Waals surface area contributed by atoms with E-state index in [1.165, 1.54) is 32.0 Å². The predicted molar refractivity (Wildman–Crippen MR) is 61.9 cm³/mol. The summed E-state index contributed by atoms with van der Waals surface area (Å²) >= 11 is 5.77. The Hall–Kier alpha value is -1.86. The van der Waals surface area contributed by atoms with Gasteiger partial charge in [0, 0.05) is 5.02 Å². The smallest absolute Gasteiger partial charge is 0.214 e. The molecular formula is C12H10ClNO3. The summed E-state index contributed by atoms with van der Waals surface area (Å²) in [5, 5.41) is 9.05. The lowest BCUT2D eigenvalue weighted by molar-refractivity contribution is -0.134. The summed E-state index contributed by atoms with van der Waals surface area (Å²) in [5.41, 5.74) is 0.304. The van der Waals surface area contributed by atoms with Gasteiger partial charge in [-0.05, 0) is 32.0 Å². The van der Waals surface area contributed by atoms with Crippen LogP contribution in [0.25, 0.3) is 0 Å². The molecule has 0 bridgehead atoms. The molecule has 0 saturated heterocycles. The molecule has 0 aliphatic heterocycles. The van der Waals surface area contributed by atoms with Gasteiger partial charge >= 0.3 is 0 Å². The average molecular weight is 252 g/mol. The highest BCUT2D eigenvalue weighted by atomic mass is 35.5. The van der Waals surface area contributed by atoms with Crippen LogP contribution in [0.3, 0.4) is 0 Å². The topological polar surface area (TPSA) is 67.2 Å². The van der Waals surface area contributed by atoms with Crippen LogP contribution in [-0.4, -0.2) is 17.7 Å². The van der Waals surface area contributed by atoms with Crippen molar-refractivity contribution in [3.05, 3.63) is 28.8 Å². The molecule has 0 aliphatic rings. The number of nitriles is 1. The quantitative estimate of drug-likeness (QED) is 0.769. The van der Waals surface area contributed by atoms with Crippen LogP contribution in [-0.2, 0) is 9.59 Å². The first-order valence-electron chi connectivity index (χ1n) is 4.82. The van der Waals surface area contributed by atoms with E-state index in [1.54, 1.807) is 0 Å². The average Bonchev–Trinajstić information content (AvgIpc) is 2.24. The maximum atomic E-state index is 11.2. The van der Waals surface area contributed by atoms with Gasteiger partial charge in [0.05, 0.1) is 11.6 Å². The molecule has 0 unspecified atom stereocenters. The summed E-state index contributed by atoms with van der Waals surface area (Å²) in [6, 6.07) is 6.24. The van der Waals surface area contributed by atoms with Gasteiger partial charge < -0.3 is 4.74 Å². The number of ketones is 2. The van der Waals surface area contributed by atoms with E-state index < -0.39 is 17.7 Å². The van der Waals surface area contributed by atoms with E-state index in [1.807, 2.05) is 6.07 Å². The second-order valence-electron chi connectivity index (χ2n) is 3.51. The van der Waals surface area contributed by atoms with Crippen molar-refractivity contribution in [1.82, 2.24) is 0 Å². The molecule has 1 aromatic carbocycles. The lowest BCUT2D eigenvalue weighted by Crippen LogP contribution is -2.32. The fraction of sp³-hybridized carbons (Fsp3) is 0.250. The van der Waals surface area contributed by atoms with Gasteiger partial charge in [-0.1, -0.05) is 11.6 Å². The highest BCUT2D eigenvalue weighted by molar-refractivity contribution is 6.30. The molecule has 0 aromatic heterocycles. The molecule has 4 nitrogen and oxygen atoms in total. The van der Waals surface area contributed by atoms with Crippen LogP contribution in [0.4, 0.5) is 0 Å². The number of nitrogens with zero attached hydrogens (tertiary/aromatic N) is 1. The van der Waals surface area contributed by atoms with E-state index in [0.717, 1.165) is 0 Å². The third-order valence-corrected chi connectivity index (χ3v) is 2.21. The Balaban J connectivity index is 3.02. The van der Waals surface area contributed by atoms with E-state index in [9.17, 15) is 9.59 Å². The molecule has 17 heavy (non-hydrogen) atoms. The number of carbonyl (C=O) groups excluding carboxylic acids is 2. The summed E-state index contributed by atoms with van der Waals surface area (Å²) in [5.74, 6) is -0.559. The lowest BCUT2D eigenvalue weighted by Gasteiger charge is -2.13. The Morgan fingerprint density at radius 3 is 2.35 bits per heavy atom. The zero-order chi connectivity index (χ0) is 13.0. The second-order valence-corrected chi connectivity index (χ2v) is 3.94. The van der Waals surface area contributed by atoms with Gasteiger partial charge in [-0.25, -0.2) is 0 Å². The molecule has 0 spiro atoms. The Kier molecular flexibility index (Phi) is 4.24. The van der Waals surface area contributed by atoms with Crippen LogP contribution >= 0.6 is 11.6 Å². The number of hydrogen-bond acceptors (Lipinski definition) is 4. The Bertz CT molecular complexity index is 491. The lowest BCUT2D eigenvalue weighted by atomic mass is 10.2. The molecule has 0 aliphatic carbocycles. The minimum atomic E-state index is -1.15. The van der Waals surface area contributed by atoms with Crippen LogP contribution in [0, 0.1) is 11.3 Å². The van der Waals surface area contributed by atoms with Crippen molar-refractivity contribution < 1.29 is 14.3 Å². The van der Waals surface area contributed by atoms with Gasteiger partial charge in [-0.3, -0.25) is 9.59 Å². The van der Waals surface area contributed by atoms with Gasteiger partial charge in [0.25, 0.3) is 0 Å². The molecule has 88 valence electrons. The molecule has 0 amide bonds. The molecule has 0 saturated carbocycles. The third kappa shape index (κ3) is 3.58. The first-order valence-corrected chi connectivity index (χ1v) is 5.20. The maximum absolute atomic E-state index is 11.2. The first kappa shape index (κ1) is 13.2. The summed E-state index contributed by atoms with van der Waals surface area (Å²) in [6.07, 6.45) is -1.15. The zero-order valence-electron chi connectivity index (χ0n) is 9.36. The van der Waals surface area contributed by atoms with Gasteiger partial charge in [-0.15, -0.1) is 0 Å². The van der Waals surface area contributed by atoms with Crippen LogP contribution in [0.15, 0.2) is 18.2 Å². The molecule has 5 heteroatoms. The van der Waals surface area contributed by atoms with Gasteiger partial charge in [0.1, 0.15) is 5.75 Å². The summed E-state index contributed by atoms with van der Waals surface area (Å²) < 4.78 is 5.23. The molecule has 0 radical (unpaired) electrons. The van der Waals surface area contributed by atoms with Crippen molar-refractivity contribution in [3.63, 3.8) is 0 Å². The maximum Gasteiger partial charge on any atom is 0.214 e. The molecule has 0 atom stereocenters. The third-order valence-electron chi connectivity index (χ3n) is 1.99. The number of carbonyl (C=O) groups is 2. The predicted octanol–water partition coefficient (Wildman–Crippen LogP) is 2.14. The van der Waals surface area contributed by atoms with Crippen molar-refractivity contribution in [3.8, 4) is 11.8 Å². The zero-order valence-corrected chi connectivity index (χ0v) is 10.1. The Morgan fingerprint density at radius 1 is 1.29 bits per heavy atom. The standard InChI is InChI=1S/C12H10ClNO3/c1-7(15)12(8(2)16)17-11-4-9(6-14)3-10(13)5-11/h3-5,12H,1-2H3. The SMILES string of the molecule is CC(=O)C(Oc1cc(Cl)cc(C#N)c1)C(C)=O. The van der Waals surface area contributed by atoms with E-state index in [-0.39, 0.29) is 5.75 Å². The molecule has 0 heterocycles. The number of benzene rings is 1. The van der Waals surface area contributed by atoms with Crippen molar-refractivity contribution in [2.24, 2.45) is 0 Å². The Labute approximate surface area is 104 Å². The number of halogens is 1. The number of ether oxygens (including phenoxy) is 1. The van der Waals surface area contributed by atoms with Crippen LogP contribution < -0.4 is 4.74 Å². The molecular weight excluding hydrogens is 242 g/mol. The van der Waals surface area contributed by atoms with E-state index in [4.69, 9.17) is 21.6 Å². The normalized spacial score (nSPS) is 9.82. The minimum Gasteiger partial charge on any atom is -0.475 e. The van der Waals surface area contributed by atoms with Gasteiger partial charge in [0.15, 0.2) is 11.6 Å². The number of Topliss-reactive ketones (excluding diaryl/α,β-unsaturated/α-hetero) is 2. The highest BCUT2D eigenvalue weighted by Gasteiger charge is 2.21. The van der Waals surface area contributed by atoms with Gasteiger partial charge in [-0.2, -0.15) is 5.26 Å². The second kappa shape index (κ2) is 5.46. The summed E-state index contributed by atoms with van der Waals surface area (Å²) in [6.45, 7) is 2.53. The summed E-state index contributed by atoms with van der Waals surface area (Å²) in [4.78, 5) is 22.4. The minimum absolute atomic E-state index is 0.226. The monoisotopic (exact) mass is 251 g/mol. The van der Waals surface area contributed by atoms with Crippen molar-refractivity contribution in [2.45, 2.75) is 20.0 Å². The molecule has 1 aromatic rings. The highest BCUT2D eigenvalue weighted by Crippen LogP contribution is 2.21. The Morgan fingerprint density at radius 2 is 1.88 bits per heavy atom. The van der Waals surface area contributed by atoms with E-state index in [0.29, 0.717) is 10.6 Å². The van der Waals surface area contributed by atoms with E-state index >= 15 is 0 Å². The van der Waals surface area contributed by atoms with Crippen molar-refractivity contribution in [1.29, 1.82) is 5.26 Å². The first-order chi connectivity index (χ1) is 7.93. The molecule has 0 N–H and O–H groups in total. The molecule has 1 rings (SSSR count). The number of hydrogen-bond donors (Lipinski definition) is 0.